The third-order valence-corrected chi connectivity index (χ3v) is 3.38. The number of aliphatic hydroxyl groups is 1. The molecule has 0 radical (unpaired) electrons. The smallest absolute Gasteiger partial charge is 0.127 e. The molecule has 1 aromatic heterocycles. The lowest BCUT2D eigenvalue weighted by molar-refractivity contribution is 0.173. The molecule has 0 saturated heterocycles. The van der Waals surface area contributed by atoms with Gasteiger partial charge in [-0.25, -0.2) is 0 Å². The fraction of sp³-hybridized carbons (Fsp3) is 0.389. The molecule has 1 heterocycles. The average molecular weight is 316 g/mol. The van der Waals surface area contributed by atoms with Gasteiger partial charge in [-0.2, -0.15) is 0 Å². The molecule has 0 aliphatic carbocycles. The van der Waals surface area contributed by atoms with Gasteiger partial charge in [-0.3, -0.25) is 4.98 Å². The van der Waals surface area contributed by atoms with Crippen molar-refractivity contribution < 1.29 is 14.6 Å². The zero-order valence-corrected chi connectivity index (χ0v) is 13.8. The van der Waals surface area contributed by atoms with Gasteiger partial charge < -0.3 is 19.9 Å². The van der Waals surface area contributed by atoms with Gasteiger partial charge >= 0.3 is 0 Å². The molecule has 0 aliphatic rings. The van der Waals surface area contributed by atoms with Crippen molar-refractivity contribution in [3.63, 3.8) is 0 Å². The molecule has 0 spiro atoms. The highest BCUT2D eigenvalue weighted by molar-refractivity contribution is 5.40. The molecule has 1 atom stereocenters. The predicted molar refractivity (Wildman–Crippen MR) is 89.7 cm³/mol. The van der Waals surface area contributed by atoms with Crippen molar-refractivity contribution in [2.75, 3.05) is 13.7 Å². The van der Waals surface area contributed by atoms with Crippen molar-refractivity contribution in [1.82, 2.24) is 10.3 Å². The van der Waals surface area contributed by atoms with Gasteiger partial charge in [0.25, 0.3) is 0 Å². The Balaban J connectivity index is 1.97. The fourth-order valence-corrected chi connectivity index (χ4v) is 2.22. The van der Waals surface area contributed by atoms with Crippen LogP contribution in [0.2, 0.25) is 0 Å². The van der Waals surface area contributed by atoms with Gasteiger partial charge in [0, 0.05) is 37.1 Å². The first-order valence-electron chi connectivity index (χ1n) is 7.72. The highest BCUT2D eigenvalue weighted by Gasteiger charge is 2.10. The van der Waals surface area contributed by atoms with E-state index in [9.17, 15) is 5.11 Å². The van der Waals surface area contributed by atoms with E-state index in [2.05, 4.69) is 10.3 Å². The number of hydrogen-bond donors (Lipinski definition) is 2. The van der Waals surface area contributed by atoms with Gasteiger partial charge in [0.1, 0.15) is 11.5 Å². The number of ether oxygens (including phenoxy) is 2. The summed E-state index contributed by atoms with van der Waals surface area (Å²) in [6.07, 6.45) is 2.88. The maximum atomic E-state index is 10.2. The number of aliphatic hydroxyl groups excluding tert-OH is 1. The van der Waals surface area contributed by atoms with Crippen LogP contribution < -0.4 is 14.8 Å². The van der Waals surface area contributed by atoms with Gasteiger partial charge in [0.2, 0.25) is 0 Å². The van der Waals surface area contributed by atoms with Crippen LogP contribution in [0.1, 0.15) is 31.1 Å². The number of rotatable bonds is 8. The second-order valence-electron chi connectivity index (χ2n) is 5.57. The van der Waals surface area contributed by atoms with E-state index in [1.54, 1.807) is 19.5 Å². The summed E-state index contributed by atoms with van der Waals surface area (Å²) in [5.41, 5.74) is 1.88. The molecular formula is C18H24N2O3. The van der Waals surface area contributed by atoms with Crippen LogP contribution in [0.15, 0.2) is 42.7 Å². The minimum atomic E-state index is -0.564. The minimum Gasteiger partial charge on any atom is -0.497 e. The van der Waals surface area contributed by atoms with Crippen molar-refractivity contribution in [3.05, 3.63) is 53.9 Å². The molecule has 124 valence electrons. The van der Waals surface area contributed by atoms with Crippen molar-refractivity contribution in [2.24, 2.45) is 0 Å². The second kappa shape index (κ2) is 8.50. The lowest BCUT2D eigenvalue weighted by Gasteiger charge is -2.17. The number of aromatic nitrogens is 1. The molecule has 0 bridgehead atoms. The molecule has 0 fully saturated rings. The Morgan fingerprint density at radius 2 is 1.91 bits per heavy atom. The highest BCUT2D eigenvalue weighted by atomic mass is 16.5. The molecule has 5 heteroatoms. The lowest BCUT2D eigenvalue weighted by atomic mass is 10.1. The first kappa shape index (κ1) is 17.2. The second-order valence-corrected chi connectivity index (χ2v) is 5.57. The molecule has 23 heavy (non-hydrogen) atoms. The summed E-state index contributed by atoms with van der Waals surface area (Å²) in [5, 5.41) is 13.4. The van der Waals surface area contributed by atoms with Crippen molar-refractivity contribution in [1.29, 1.82) is 0 Å². The van der Waals surface area contributed by atoms with Crippen LogP contribution in [0.25, 0.3) is 0 Å². The Bertz CT molecular complexity index is 602. The number of nitrogens with zero attached hydrogens (tertiary/aromatic N) is 1. The van der Waals surface area contributed by atoms with Crippen LogP contribution in [0.4, 0.5) is 0 Å². The number of hydrogen-bond acceptors (Lipinski definition) is 5. The Kier molecular flexibility index (Phi) is 6.38. The molecule has 0 saturated carbocycles. The average Bonchev–Trinajstić information content (AvgIpc) is 2.56. The summed E-state index contributed by atoms with van der Waals surface area (Å²) >= 11 is 0. The van der Waals surface area contributed by atoms with Crippen LogP contribution >= 0.6 is 0 Å². The molecule has 5 nitrogen and oxygen atoms in total. The molecule has 1 unspecified atom stereocenters. The van der Waals surface area contributed by atoms with E-state index in [-0.39, 0.29) is 6.10 Å². The predicted octanol–water partition coefficient (Wildman–Crippen LogP) is 2.70. The molecule has 2 rings (SSSR count). The van der Waals surface area contributed by atoms with Crippen LogP contribution in [0.5, 0.6) is 11.5 Å². The number of benzene rings is 1. The summed E-state index contributed by atoms with van der Waals surface area (Å²) < 4.78 is 11.1. The van der Waals surface area contributed by atoms with Crippen LogP contribution in [-0.2, 0) is 6.54 Å². The van der Waals surface area contributed by atoms with Gasteiger partial charge in [0.05, 0.1) is 19.3 Å². The number of pyridine rings is 1. The van der Waals surface area contributed by atoms with Crippen LogP contribution in [0, 0.1) is 0 Å². The Labute approximate surface area is 137 Å². The molecule has 0 aliphatic heterocycles. The van der Waals surface area contributed by atoms with Gasteiger partial charge in [0.15, 0.2) is 0 Å². The van der Waals surface area contributed by atoms with Crippen molar-refractivity contribution in [2.45, 2.75) is 32.6 Å². The largest absolute Gasteiger partial charge is 0.497 e. The topological polar surface area (TPSA) is 63.6 Å². The van der Waals surface area contributed by atoms with E-state index < -0.39 is 6.10 Å². The van der Waals surface area contributed by atoms with E-state index in [1.165, 1.54) is 0 Å². The van der Waals surface area contributed by atoms with Crippen LogP contribution in [-0.4, -0.2) is 29.8 Å². The maximum absolute atomic E-state index is 10.2. The molecule has 0 amide bonds. The molecule has 1 aromatic carbocycles. The summed E-state index contributed by atoms with van der Waals surface area (Å²) in [5.74, 6) is 1.56. The fourth-order valence-electron chi connectivity index (χ4n) is 2.22. The van der Waals surface area contributed by atoms with Gasteiger partial charge in [-0.05, 0) is 37.6 Å². The molecule has 2 aromatic rings. The summed E-state index contributed by atoms with van der Waals surface area (Å²) in [4.78, 5) is 3.95. The first-order valence-corrected chi connectivity index (χ1v) is 7.72. The standard InChI is InChI=1S/C18H24N2O3/c1-13(2)23-18-10-16(22-3)5-4-15(18)11-20-12-17(21)14-6-8-19-9-7-14/h4-10,13,17,20-21H,11-12H2,1-3H3. The summed E-state index contributed by atoms with van der Waals surface area (Å²) in [6.45, 7) is 5.04. The highest BCUT2D eigenvalue weighted by Crippen LogP contribution is 2.26. The quantitative estimate of drug-likeness (QED) is 0.784. The molecule has 2 N–H and O–H groups in total. The van der Waals surface area contributed by atoms with Crippen molar-refractivity contribution >= 4 is 0 Å². The normalized spacial score (nSPS) is 12.2. The monoisotopic (exact) mass is 316 g/mol. The minimum absolute atomic E-state index is 0.0864. The van der Waals surface area contributed by atoms with E-state index in [1.807, 2.05) is 44.2 Å². The zero-order valence-electron chi connectivity index (χ0n) is 13.8. The Hall–Kier alpha value is -2.11. The maximum Gasteiger partial charge on any atom is 0.127 e. The van der Waals surface area contributed by atoms with Crippen molar-refractivity contribution in [3.8, 4) is 11.5 Å². The summed E-state index contributed by atoms with van der Waals surface area (Å²) in [7, 11) is 1.64. The lowest BCUT2D eigenvalue weighted by Crippen LogP contribution is -2.21. The first-order chi connectivity index (χ1) is 11.1. The van der Waals surface area contributed by atoms with E-state index in [0.29, 0.717) is 13.1 Å². The SMILES string of the molecule is COc1ccc(CNCC(O)c2ccncc2)c(OC(C)C)c1. The van der Waals surface area contributed by atoms with Gasteiger partial charge in [-0.1, -0.05) is 6.07 Å². The van der Waals surface area contributed by atoms with E-state index >= 15 is 0 Å². The van der Waals surface area contributed by atoms with Gasteiger partial charge in [-0.15, -0.1) is 0 Å². The third-order valence-electron chi connectivity index (χ3n) is 3.38. The van der Waals surface area contributed by atoms with Crippen LogP contribution in [0.3, 0.4) is 0 Å². The third kappa shape index (κ3) is 5.23. The number of methoxy groups -OCH3 is 1. The Morgan fingerprint density at radius 3 is 2.57 bits per heavy atom. The van der Waals surface area contributed by atoms with E-state index in [4.69, 9.17) is 9.47 Å². The zero-order chi connectivity index (χ0) is 16.7. The number of nitrogens with one attached hydrogen (secondary N) is 1. The van der Waals surface area contributed by atoms with E-state index in [0.717, 1.165) is 22.6 Å². The molecular weight excluding hydrogens is 292 g/mol. The summed E-state index contributed by atoms with van der Waals surface area (Å²) in [6, 6.07) is 9.39. The Morgan fingerprint density at radius 1 is 1.17 bits per heavy atom.